The van der Waals surface area contributed by atoms with Gasteiger partial charge in [-0.05, 0) is 6.92 Å². The maximum Gasteiger partial charge on any atom is 0.328 e. The number of imide groups is 1. The van der Waals surface area contributed by atoms with E-state index in [0.29, 0.717) is 0 Å². The minimum absolute atomic E-state index is 0.635. The van der Waals surface area contributed by atoms with Gasteiger partial charge in [-0.1, -0.05) is 0 Å². The van der Waals surface area contributed by atoms with E-state index >= 15 is 0 Å². The number of aliphatic hydroxyl groups excluding tert-OH is 1. The lowest BCUT2D eigenvalue weighted by atomic mass is 10.00. The van der Waals surface area contributed by atoms with Crippen LogP contribution in [0.4, 0.5) is 4.79 Å². The molecule has 6 heteroatoms. The van der Waals surface area contributed by atoms with Gasteiger partial charge in [0.05, 0.1) is 0 Å². The van der Waals surface area contributed by atoms with Gasteiger partial charge >= 0.3 is 6.03 Å². The summed E-state index contributed by atoms with van der Waals surface area (Å²) in [5, 5.41) is 18.9. The fourth-order valence-electron chi connectivity index (χ4n) is 1.26. The maximum absolute atomic E-state index is 11.3. The molecule has 0 aromatic rings. The summed E-state index contributed by atoms with van der Waals surface area (Å²) in [5.74, 6) is -0.803. The van der Waals surface area contributed by atoms with Gasteiger partial charge < -0.3 is 10.2 Å². The van der Waals surface area contributed by atoms with Gasteiger partial charge in [-0.3, -0.25) is 14.6 Å². The first-order chi connectivity index (χ1) is 5.80. The van der Waals surface area contributed by atoms with Crippen LogP contribution in [0.15, 0.2) is 0 Å². The van der Waals surface area contributed by atoms with Crippen molar-refractivity contribution in [2.45, 2.75) is 18.8 Å². The molecule has 1 saturated heterocycles. The lowest BCUT2D eigenvalue weighted by molar-refractivity contribution is -0.179. The van der Waals surface area contributed by atoms with E-state index < -0.39 is 23.8 Å². The quantitative estimate of drug-likeness (QED) is 0.489. The molecule has 0 bridgehead atoms. The van der Waals surface area contributed by atoms with E-state index in [1.165, 1.54) is 21.0 Å². The fourth-order valence-corrected chi connectivity index (χ4v) is 1.26. The molecule has 74 valence electrons. The molecule has 0 saturated carbocycles. The first kappa shape index (κ1) is 9.94. The van der Waals surface area contributed by atoms with Crippen molar-refractivity contribution in [3.05, 3.63) is 0 Å². The Morgan fingerprint density at radius 1 is 1.38 bits per heavy atom. The first-order valence-corrected chi connectivity index (χ1v) is 3.75. The fraction of sp³-hybridized carbons (Fsp3) is 0.714. The molecule has 1 rings (SSSR count). The van der Waals surface area contributed by atoms with Crippen LogP contribution in [0.3, 0.4) is 0 Å². The molecule has 1 heterocycles. The van der Waals surface area contributed by atoms with Crippen molar-refractivity contribution < 1.29 is 19.8 Å². The second kappa shape index (κ2) is 2.68. The van der Waals surface area contributed by atoms with Crippen LogP contribution in [-0.4, -0.2) is 57.9 Å². The predicted octanol–water partition coefficient (Wildman–Crippen LogP) is -1.42. The Morgan fingerprint density at radius 2 is 1.85 bits per heavy atom. The van der Waals surface area contributed by atoms with Crippen LogP contribution in [0.1, 0.15) is 6.92 Å². The number of likely N-dealkylation sites (N-methyl/N-ethyl adjacent to an activating group) is 2. The van der Waals surface area contributed by atoms with Crippen molar-refractivity contribution in [1.29, 1.82) is 0 Å². The summed E-state index contributed by atoms with van der Waals surface area (Å²) in [5.41, 5.74) is -1.93. The molecule has 1 aliphatic rings. The average Bonchev–Trinajstić information content (AvgIpc) is 2.09. The Hall–Kier alpha value is -1.14. The number of rotatable bonds is 0. The van der Waals surface area contributed by atoms with Crippen molar-refractivity contribution in [3.8, 4) is 0 Å². The van der Waals surface area contributed by atoms with Gasteiger partial charge in [-0.25, -0.2) is 4.79 Å². The van der Waals surface area contributed by atoms with Crippen LogP contribution in [-0.2, 0) is 4.79 Å². The van der Waals surface area contributed by atoms with E-state index in [1.807, 2.05) is 0 Å². The number of amides is 3. The molecule has 6 nitrogen and oxygen atoms in total. The number of carbonyl (C=O) groups excluding carboxylic acids is 2. The first-order valence-electron chi connectivity index (χ1n) is 3.75. The van der Waals surface area contributed by atoms with Crippen LogP contribution < -0.4 is 0 Å². The summed E-state index contributed by atoms with van der Waals surface area (Å²) >= 11 is 0. The smallest absolute Gasteiger partial charge is 0.328 e. The standard InChI is InChI=1S/C7H12N2O4/c1-7(13)4(10)8(2)6(12)9(3)5(7)11/h4,10,13H,1-3H3/t4-,7+/m1/s1. The second-order valence-corrected chi connectivity index (χ2v) is 3.28. The van der Waals surface area contributed by atoms with Crippen LogP contribution in [0, 0.1) is 0 Å². The van der Waals surface area contributed by atoms with Gasteiger partial charge in [0.2, 0.25) is 0 Å². The molecule has 0 spiro atoms. The van der Waals surface area contributed by atoms with E-state index in [0.717, 1.165) is 9.80 Å². The number of nitrogens with zero attached hydrogens (tertiary/aromatic N) is 2. The molecule has 1 fully saturated rings. The molecule has 0 radical (unpaired) electrons. The SMILES string of the molecule is CN1C(=O)N(C)[C@H](O)[C@](C)(O)C1=O. The van der Waals surface area contributed by atoms with Gasteiger partial charge in [0.15, 0.2) is 11.8 Å². The average molecular weight is 188 g/mol. The van der Waals surface area contributed by atoms with Crippen LogP contribution in [0.2, 0.25) is 0 Å². The highest BCUT2D eigenvalue weighted by molar-refractivity contribution is 6.01. The predicted molar refractivity (Wildman–Crippen MR) is 42.6 cm³/mol. The molecule has 3 amide bonds. The molecule has 1 aliphatic heterocycles. The number of aliphatic hydroxyl groups is 2. The zero-order valence-electron chi connectivity index (χ0n) is 7.68. The molecule has 13 heavy (non-hydrogen) atoms. The molecule has 2 N–H and O–H groups in total. The van der Waals surface area contributed by atoms with E-state index in [2.05, 4.69) is 0 Å². The Kier molecular flexibility index (Phi) is 2.05. The summed E-state index contributed by atoms with van der Waals surface area (Å²) in [6.45, 7) is 1.17. The maximum atomic E-state index is 11.3. The zero-order valence-corrected chi connectivity index (χ0v) is 7.68. The minimum Gasteiger partial charge on any atom is -0.376 e. The van der Waals surface area contributed by atoms with Crippen molar-refractivity contribution in [2.75, 3.05) is 14.1 Å². The summed E-state index contributed by atoms with van der Waals surface area (Å²) < 4.78 is 0. The van der Waals surface area contributed by atoms with E-state index in [9.17, 15) is 19.8 Å². The number of hydrogen-bond acceptors (Lipinski definition) is 4. The summed E-state index contributed by atoms with van der Waals surface area (Å²) in [6.07, 6.45) is -1.50. The third kappa shape index (κ3) is 1.18. The van der Waals surface area contributed by atoms with Gasteiger partial charge in [-0.15, -0.1) is 0 Å². The Morgan fingerprint density at radius 3 is 2.31 bits per heavy atom. The number of carbonyl (C=O) groups is 2. The molecule has 0 aliphatic carbocycles. The minimum atomic E-state index is -1.93. The molecule has 0 aromatic carbocycles. The van der Waals surface area contributed by atoms with Crippen molar-refractivity contribution >= 4 is 11.9 Å². The van der Waals surface area contributed by atoms with Gasteiger partial charge in [-0.2, -0.15) is 0 Å². The number of hydrogen-bond donors (Lipinski definition) is 2. The third-order valence-corrected chi connectivity index (χ3v) is 2.20. The van der Waals surface area contributed by atoms with Gasteiger partial charge in [0, 0.05) is 14.1 Å². The van der Waals surface area contributed by atoms with Crippen LogP contribution in [0.25, 0.3) is 0 Å². The highest BCUT2D eigenvalue weighted by atomic mass is 16.4. The Balaban J connectivity index is 3.07. The normalized spacial score (nSPS) is 35.6. The molecule has 0 aromatic heterocycles. The van der Waals surface area contributed by atoms with Crippen molar-refractivity contribution in [3.63, 3.8) is 0 Å². The van der Waals surface area contributed by atoms with Gasteiger partial charge in [0.1, 0.15) is 0 Å². The second-order valence-electron chi connectivity index (χ2n) is 3.28. The lowest BCUT2D eigenvalue weighted by Crippen LogP contribution is -2.67. The summed E-state index contributed by atoms with van der Waals surface area (Å²) in [4.78, 5) is 24.2. The molecule has 0 unspecified atom stereocenters. The monoisotopic (exact) mass is 188 g/mol. The Labute approximate surface area is 75.4 Å². The third-order valence-electron chi connectivity index (χ3n) is 2.20. The van der Waals surface area contributed by atoms with Crippen LogP contribution >= 0.6 is 0 Å². The lowest BCUT2D eigenvalue weighted by Gasteiger charge is -2.42. The highest BCUT2D eigenvalue weighted by Gasteiger charge is 2.50. The zero-order chi connectivity index (χ0) is 10.4. The molecular weight excluding hydrogens is 176 g/mol. The summed E-state index contributed by atoms with van der Waals surface area (Å²) in [7, 11) is 2.56. The van der Waals surface area contributed by atoms with Crippen molar-refractivity contribution in [1.82, 2.24) is 9.80 Å². The largest absolute Gasteiger partial charge is 0.376 e. The van der Waals surface area contributed by atoms with E-state index in [1.54, 1.807) is 0 Å². The van der Waals surface area contributed by atoms with E-state index in [-0.39, 0.29) is 0 Å². The molecular formula is C7H12N2O4. The van der Waals surface area contributed by atoms with Crippen molar-refractivity contribution in [2.24, 2.45) is 0 Å². The van der Waals surface area contributed by atoms with Gasteiger partial charge in [0.25, 0.3) is 5.91 Å². The molecule has 2 atom stereocenters. The summed E-state index contributed by atoms with van der Waals surface area (Å²) in [6, 6.07) is -0.635. The van der Waals surface area contributed by atoms with Crippen LogP contribution in [0.5, 0.6) is 0 Å². The topological polar surface area (TPSA) is 81.1 Å². The van der Waals surface area contributed by atoms with E-state index in [4.69, 9.17) is 0 Å². The Bertz CT molecular complexity index is 263. The number of urea groups is 1. The highest BCUT2D eigenvalue weighted by Crippen LogP contribution is 2.22.